The third-order valence-corrected chi connectivity index (χ3v) is 1.35. The van der Waals surface area contributed by atoms with Gasteiger partial charge in [0.05, 0.1) is 6.61 Å². The number of alkyl halides is 6. The second-order valence-corrected chi connectivity index (χ2v) is 2.65. The molecule has 8 heteroatoms. The third-order valence-electron chi connectivity index (χ3n) is 1.35. The van der Waals surface area contributed by atoms with E-state index in [1.807, 2.05) is 0 Å². The Morgan fingerprint density at radius 2 is 1.73 bits per heavy atom. The first-order valence-electron chi connectivity index (χ1n) is 3.89. The van der Waals surface area contributed by atoms with E-state index in [0.29, 0.717) is 0 Å². The molecule has 15 heavy (non-hydrogen) atoms. The molecule has 1 atom stereocenters. The van der Waals surface area contributed by atoms with Crippen molar-refractivity contribution in [3.8, 4) is 0 Å². The van der Waals surface area contributed by atoms with E-state index in [1.165, 1.54) is 6.92 Å². The summed E-state index contributed by atoms with van der Waals surface area (Å²) >= 11 is 0. The van der Waals surface area contributed by atoms with Crippen LogP contribution in [0.2, 0.25) is 0 Å². The van der Waals surface area contributed by atoms with Gasteiger partial charge >= 0.3 is 18.1 Å². The summed E-state index contributed by atoms with van der Waals surface area (Å²) in [6.45, 7) is 1.07. The van der Waals surface area contributed by atoms with Crippen molar-refractivity contribution < 1.29 is 35.9 Å². The largest absolute Gasteiger partial charge is 0.463 e. The number of esters is 1. The Bertz CT molecular complexity index is 224. The molecule has 0 aliphatic carbocycles. The molecule has 0 fully saturated rings. The lowest BCUT2D eigenvalue weighted by Gasteiger charge is -2.21. The number of rotatable bonds is 4. The van der Waals surface area contributed by atoms with Crippen LogP contribution in [0.25, 0.3) is 0 Å². The highest BCUT2D eigenvalue weighted by Crippen LogP contribution is 2.39. The molecule has 0 N–H and O–H groups in total. The van der Waals surface area contributed by atoms with Crippen LogP contribution in [0.4, 0.5) is 26.3 Å². The zero-order chi connectivity index (χ0) is 12.3. The monoisotopic (exact) mass is 238 g/mol. The van der Waals surface area contributed by atoms with E-state index in [9.17, 15) is 31.1 Å². The van der Waals surface area contributed by atoms with Crippen LogP contribution in [-0.2, 0) is 9.53 Å². The van der Waals surface area contributed by atoms with Gasteiger partial charge in [-0.3, -0.25) is 0 Å². The van der Waals surface area contributed by atoms with Crippen LogP contribution in [0.1, 0.15) is 13.3 Å². The van der Waals surface area contributed by atoms with Crippen molar-refractivity contribution in [2.45, 2.75) is 31.6 Å². The molecule has 0 heterocycles. The van der Waals surface area contributed by atoms with Gasteiger partial charge < -0.3 is 4.74 Å². The van der Waals surface area contributed by atoms with Gasteiger partial charge in [0.15, 0.2) is 0 Å². The molecule has 0 amide bonds. The Balaban J connectivity index is 4.55. The van der Waals surface area contributed by atoms with Crippen LogP contribution < -0.4 is 0 Å². The zero-order valence-electron chi connectivity index (χ0n) is 7.58. The van der Waals surface area contributed by atoms with E-state index < -0.39 is 30.8 Å². The minimum absolute atomic E-state index is 0.191. The van der Waals surface area contributed by atoms with Gasteiger partial charge in [0, 0.05) is 0 Å². The quantitative estimate of drug-likeness (QED) is 0.555. The number of halogens is 6. The van der Waals surface area contributed by atoms with Crippen LogP contribution in [0, 0.1) is 0 Å². The Morgan fingerprint density at radius 3 is 2.07 bits per heavy atom. The van der Waals surface area contributed by atoms with Gasteiger partial charge in [-0.15, -0.1) is 0 Å². The summed E-state index contributed by atoms with van der Waals surface area (Å²) in [6.07, 6.45) is -9.95. The fraction of sp³-hybridized carbons (Fsp3) is 0.857. The normalized spacial score (nSPS) is 14.9. The maximum absolute atomic E-state index is 12.4. The minimum atomic E-state index is -6.11. The minimum Gasteiger partial charge on any atom is -0.463 e. The van der Waals surface area contributed by atoms with E-state index in [-0.39, 0.29) is 6.42 Å². The lowest BCUT2D eigenvalue weighted by atomic mass is 10.2. The Morgan fingerprint density at radius 1 is 1.27 bits per heavy atom. The average Bonchev–Trinajstić information content (AvgIpc) is 2.10. The fourth-order valence-electron chi connectivity index (χ4n) is 0.568. The molecular formula is C7H8F6O2. The summed E-state index contributed by atoms with van der Waals surface area (Å²) in [5.41, 5.74) is 0. The second kappa shape index (κ2) is 4.71. The molecule has 0 aromatic carbocycles. The lowest BCUT2D eigenvalue weighted by molar-refractivity contribution is -0.301. The molecule has 0 aromatic rings. The molecule has 1 unspecified atom stereocenters. The van der Waals surface area contributed by atoms with Crippen LogP contribution in [0.15, 0.2) is 0 Å². The predicted molar refractivity (Wildman–Crippen MR) is 37.1 cm³/mol. The van der Waals surface area contributed by atoms with Gasteiger partial charge in [-0.2, -0.15) is 22.0 Å². The van der Waals surface area contributed by atoms with Crippen molar-refractivity contribution in [3.63, 3.8) is 0 Å². The van der Waals surface area contributed by atoms with Gasteiger partial charge in [0.25, 0.3) is 6.17 Å². The molecule has 0 radical (unpaired) electrons. The molecule has 90 valence electrons. The maximum Gasteiger partial charge on any atom is 0.457 e. The SMILES string of the molecule is CCCOC(=O)C(F)C(F)(F)C(F)(F)F. The molecule has 0 aromatic heterocycles. The number of hydrogen-bond donors (Lipinski definition) is 0. The molecule has 0 spiro atoms. The fourth-order valence-corrected chi connectivity index (χ4v) is 0.568. The molecule has 2 nitrogen and oxygen atoms in total. The van der Waals surface area contributed by atoms with E-state index in [4.69, 9.17) is 0 Å². The van der Waals surface area contributed by atoms with Gasteiger partial charge in [0.1, 0.15) is 0 Å². The standard InChI is InChI=1S/C7H8F6O2/c1-2-3-15-5(14)4(8)6(9,10)7(11,12)13/h4H,2-3H2,1H3. The summed E-state index contributed by atoms with van der Waals surface area (Å²) in [5, 5.41) is 0. The van der Waals surface area contributed by atoms with Crippen molar-refractivity contribution in [2.24, 2.45) is 0 Å². The first-order chi connectivity index (χ1) is 6.64. The molecule has 0 bridgehead atoms. The highest BCUT2D eigenvalue weighted by molar-refractivity contribution is 5.76. The van der Waals surface area contributed by atoms with Gasteiger partial charge in [-0.25, -0.2) is 9.18 Å². The van der Waals surface area contributed by atoms with Crippen LogP contribution >= 0.6 is 0 Å². The van der Waals surface area contributed by atoms with Crippen molar-refractivity contribution in [1.82, 2.24) is 0 Å². The average molecular weight is 238 g/mol. The first-order valence-corrected chi connectivity index (χ1v) is 3.89. The second-order valence-electron chi connectivity index (χ2n) is 2.65. The number of hydrogen-bond acceptors (Lipinski definition) is 2. The smallest absolute Gasteiger partial charge is 0.457 e. The Labute approximate surface area is 81.2 Å². The molecule has 0 saturated heterocycles. The van der Waals surface area contributed by atoms with E-state index in [1.54, 1.807) is 0 Å². The van der Waals surface area contributed by atoms with Gasteiger partial charge in [-0.1, -0.05) is 6.92 Å². The van der Waals surface area contributed by atoms with Crippen LogP contribution in [0.5, 0.6) is 0 Å². The summed E-state index contributed by atoms with van der Waals surface area (Å²) in [7, 11) is 0. The molecule has 0 aliphatic rings. The van der Waals surface area contributed by atoms with Crippen molar-refractivity contribution >= 4 is 5.97 Å². The molecule has 0 saturated carbocycles. The molecular weight excluding hydrogens is 230 g/mol. The topological polar surface area (TPSA) is 26.3 Å². The van der Waals surface area contributed by atoms with Crippen LogP contribution in [0.3, 0.4) is 0 Å². The molecule has 0 rings (SSSR count). The molecule has 0 aliphatic heterocycles. The Kier molecular flexibility index (Phi) is 4.42. The maximum atomic E-state index is 12.4. The van der Waals surface area contributed by atoms with E-state index >= 15 is 0 Å². The number of carbonyl (C=O) groups is 1. The van der Waals surface area contributed by atoms with E-state index in [2.05, 4.69) is 4.74 Å². The van der Waals surface area contributed by atoms with Crippen molar-refractivity contribution in [2.75, 3.05) is 6.61 Å². The summed E-state index contributed by atoms with van der Waals surface area (Å²) in [5.74, 6) is -7.93. The van der Waals surface area contributed by atoms with Crippen molar-refractivity contribution in [1.29, 1.82) is 0 Å². The predicted octanol–water partition coefficient (Wildman–Crippen LogP) is 2.48. The summed E-state index contributed by atoms with van der Waals surface area (Å²) in [4.78, 5) is 10.4. The van der Waals surface area contributed by atoms with Gasteiger partial charge in [-0.05, 0) is 6.42 Å². The zero-order valence-corrected chi connectivity index (χ0v) is 7.58. The number of ether oxygens (including phenoxy) is 1. The lowest BCUT2D eigenvalue weighted by Crippen LogP contribution is -2.49. The number of carbonyl (C=O) groups excluding carboxylic acids is 1. The van der Waals surface area contributed by atoms with Gasteiger partial charge in [0.2, 0.25) is 0 Å². The summed E-state index contributed by atoms with van der Waals surface area (Å²) in [6, 6.07) is 0. The van der Waals surface area contributed by atoms with Crippen LogP contribution in [-0.4, -0.2) is 30.8 Å². The van der Waals surface area contributed by atoms with E-state index in [0.717, 1.165) is 0 Å². The first kappa shape index (κ1) is 14.0. The highest BCUT2D eigenvalue weighted by Gasteiger charge is 2.66. The Hall–Kier alpha value is -0.950. The van der Waals surface area contributed by atoms with Crippen molar-refractivity contribution in [3.05, 3.63) is 0 Å². The third kappa shape index (κ3) is 3.28. The highest BCUT2D eigenvalue weighted by atomic mass is 19.4. The summed E-state index contributed by atoms with van der Waals surface area (Å²) < 4.78 is 75.4.